The molecule has 3 aromatic rings. The normalized spacial score (nSPS) is 12.0. The Morgan fingerprint density at radius 2 is 2.07 bits per heavy atom. The van der Waals surface area contributed by atoms with E-state index in [4.69, 9.17) is 16.7 Å². The van der Waals surface area contributed by atoms with E-state index in [0.29, 0.717) is 21.9 Å². The average molecular weight is 453 g/mol. The number of aromatic nitrogens is 4. The maximum atomic E-state index is 12.5. The lowest BCUT2D eigenvalue weighted by Crippen LogP contribution is -2.24. The maximum Gasteiger partial charge on any atom is 0.328 e. The number of benzene rings is 1. The Hall–Kier alpha value is -2.65. The smallest absolute Gasteiger partial charge is 0.328 e. The van der Waals surface area contributed by atoms with Gasteiger partial charge in [-0.15, -0.1) is 0 Å². The van der Waals surface area contributed by atoms with Gasteiger partial charge in [0.05, 0.1) is 11.0 Å². The van der Waals surface area contributed by atoms with E-state index >= 15 is 0 Å². The van der Waals surface area contributed by atoms with Crippen LogP contribution >= 0.6 is 27.5 Å². The fraction of sp³-hybridized carbons (Fsp3) is 0.176. The zero-order valence-corrected chi connectivity index (χ0v) is 16.5. The topological polar surface area (TPSA) is 102 Å². The van der Waals surface area contributed by atoms with Crippen LogP contribution in [0.4, 0.5) is 5.82 Å². The van der Waals surface area contributed by atoms with Crippen molar-refractivity contribution in [2.24, 2.45) is 0 Å². The number of aliphatic carboxylic acids is 1. The predicted octanol–water partition coefficient (Wildman–Crippen LogP) is 3.44. The van der Waals surface area contributed by atoms with Gasteiger partial charge in [-0.1, -0.05) is 29.8 Å². The molecule has 140 valence electrons. The van der Waals surface area contributed by atoms with Gasteiger partial charge in [-0.2, -0.15) is 10.2 Å². The molecule has 1 atom stereocenters. The molecule has 2 heterocycles. The standard InChI is InChI=1S/C17H15BrClN5O3/c1-10(17(26)27)24-14(6-7-20-24)16(25)21-15-12(18)9-23(22-15)8-11-4-2-3-5-13(11)19/h2-7,9-10H,8H2,1H3,(H,26,27)(H,21,22,25). The van der Waals surface area contributed by atoms with Crippen LogP contribution in [-0.2, 0) is 11.3 Å². The third kappa shape index (κ3) is 4.20. The minimum absolute atomic E-state index is 0.123. The molecular weight excluding hydrogens is 438 g/mol. The zero-order chi connectivity index (χ0) is 19.6. The summed E-state index contributed by atoms with van der Waals surface area (Å²) in [4.78, 5) is 23.7. The molecule has 1 unspecified atom stereocenters. The summed E-state index contributed by atoms with van der Waals surface area (Å²) in [7, 11) is 0. The highest BCUT2D eigenvalue weighted by atomic mass is 79.9. The average Bonchev–Trinajstić information content (AvgIpc) is 3.23. The molecule has 1 aromatic carbocycles. The third-order valence-electron chi connectivity index (χ3n) is 3.87. The van der Waals surface area contributed by atoms with Gasteiger partial charge in [0.25, 0.3) is 5.91 Å². The van der Waals surface area contributed by atoms with E-state index in [-0.39, 0.29) is 5.69 Å². The van der Waals surface area contributed by atoms with Crippen LogP contribution < -0.4 is 5.32 Å². The molecule has 1 amide bonds. The second kappa shape index (κ2) is 7.93. The van der Waals surface area contributed by atoms with Crippen LogP contribution in [0.15, 0.2) is 47.2 Å². The minimum atomic E-state index is -1.09. The fourth-order valence-corrected chi connectivity index (χ4v) is 3.05. The second-order valence-electron chi connectivity index (χ2n) is 5.74. The lowest BCUT2D eigenvalue weighted by molar-refractivity contribution is -0.140. The quantitative estimate of drug-likeness (QED) is 0.596. The number of rotatable bonds is 6. The highest BCUT2D eigenvalue weighted by Crippen LogP contribution is 2.23. The number of amides is 1. The molecule has 0 fully saturated rings. The molecule has 0 saturated heterocycles. The van der Waals surface area contributed by atoms with E-state index in [9.17, 15) is 9.59 Å². The van der Waals surface area contributed by atoms with Gasteiger partial charge in [0, 0.05) is 17.4 Å². The molecular formula is C17H15BrClN5O3. The van der Waals surface area contributed by atoms with Crippen LogP contribution in [0.25, 0.3) is 0 Å². The van der Waals surface area contributed by atoms with Gasteiger partial charge in [0.2, 0.25) is 0 Å². The fourth-order valence-electron chi connectivity index (χ4n) is 2.44. The van der Waals surface area contributed by atoms with Crippen molar-refractivity contribution in [2.75, 3.05) is 5.32 Å². The number of nitrogens with zero attached hydrogens (tertiary/aromatic N) is 4. The van der Waals surface area contributed by atoms with Gasteiger partial charge in [-0.25, -0.2) is 9.48 Å². The molecule has 27 heavy (non-hydrogen) atoms. The Morgan fingerprint density at radius 3 is 2.78 bits per heavy atom. The molecule has 0 saturated carbocycles. The Morgan fingerprint density at radius 1 is 1.33 bits per heavy atom. The first-order valence-electron chi connectivity index (χ1n) is 7.91. The monoisotopic (exact) mass is 451 g/mol. The summed E-state index contributed by atoms with van der Waals surface area (Å²) >= 11 is 9.53. The van der Waals surface area contributed by atoms with Crippen molar-refractivity contribution in [1.29, 1.82) is 0 Å². The van der Waals surface area contributed by atoms with Crippen molar-refractivity contribution in [3.63, 3.8) is 0 Å². The van der Waals surface area contributed by atoms with Gasteiger partial charge in [-0.05, 0) is 40.5 Å². The maximum absolute atomic E-state index is 12.5. The number of carboxylic acids is 1. The van der Waals surface area contributed by atoms with Crippen LogP contribution in [0.2, 0.25) is 5.02 Å². The molecule has 0 aliphatic carbocycles. The summed E-state index contributed by atoms with van der Waals surface area (Å²) in [5.74, 6) is -1.29. The number of nitrogens with one attached hydrogen (secondary N) is 1. The van der Waals surface area contributed by atoms with E-state index in [1.807, 2.05) is 18.2 Å². The Bertz CT molecular complexity index is 1000. The molecule has 10 heteroatoms. The number of hydrogen-bond acceptors (Lipinski definition) is 4. The van der Waals surface area contributed by atoms with Crippen molar-refractivity contribution in [3.05, 3.63) is 63.5 Å². The SMILES string of the molecule is CC(C(=O)O)n1nccc1C(=O)Nc1nn(Cc2ccccc2Cl)cc1Br. The summed E-state index contributed by atoms with van der Waals surface area (Å²) in [5.41, 5.74) is 1.01. The van der Waals surface area contributed by atoms with Gasteiger partial charge in [0.15, 0.2) is 5.82 Å². The Balaban J connectivity index is 1.78. The van der Waals surface area contributed by atoms with Crippen LogP contribution in [0.1, 0.15) is 29.0 Å². The van der Waals surface area contributed by atoms with Gasteiger partial charge >= 0.3 is 5.97 Å². The van der Waals surface area contributed by atoms with Crippen LogP contribution in [0.3, 0.4) is 0 Å². The lowest BCUT2D eigenvalue weighted by Gasteiger charge is -2.11. The highest BCUT2D eigenvalue weighted by Gasteiger charge is 2.22. The summed E-state index contributed by atoms with van der Waals surface area (Å²) in [5, 5.41) is 20.7. The first kappa shape index (κ1) is 19.1. The number of hydrogen-bond donors (Lipinski definition) is 2. The first-order chi connectivity index (χ1) is 12.9. The molecule has 2 N–H and O–H groups in total. The Labute approximate surface area is 167 Å². The second-order valence-corrected chi connectivity index (χ2v) is 7.01. The van der Waals surface area contributed by atoms with Crippen molar-refractivity contribution in [1.82, 2.24) is 19.6 Å². The number of carboxylic acid groups (broad SMARTS) is 1. The number of halogens is 2. The number of carbonyl (C=O) groups excluding carboxylic acids is 1. The van der Waals surface area contributed by atoms with Crippen molar-refractivity contribution >= 4 is 45.2 Å². The molecule has 0 aliphatic rings. The van der Waals surface area contributed by atoms with E-state index in [2.05, 4.69) is 31.4 Å². The van der Waals surface area contributed by atoms with Crippen molar-refractivity contribution < 1.29 is 14.7 Å². The van der Waals surface area contributed by atoms with Gasteiger partial charge in [-0.3, -0.25) is 9.48 Å². The van der Waals surface area contributed by atoms with E-state index < -0.39 is 17.9 Å². The van der Waals surface area contributed by atoms with E-state index in [1.54, 1.807) is 16.9 Å². The largest absolute Gasteiger partial charge is 0.480 e. The molecule has 0 spiro atoms. The molecule has 0 aliphatic heterocycles. The molecule has 3 rings (SSSR count). The van der Waals surface area contributed by atoms with E-state index in [1.165, 1.54) is 19.2 Å². The van der Waals surface area contributed by atoms with Crippen molar-refractivity contribution in [3.8, 4) is 0 Å². The molecule has 8 nitrogen and oxygen atoms in total. The molecule has 0 bridgehead atoms. The summed E-state index contributed by atoms with van der Waals surface area (Å²) in [6, 6.07) is 7.89. The summed E-state index contributed by atoms with van der Waals surface area (Å²) in [6.45, 7) is 1.88. The number of anilines is 1. The van der Waals surface area contributed by atoms with Crippen molar-refractivity contribution in [2.45, 2.75) is 19.5 Å². The van der Waals surface area contributed by atoms with Crippen LogP contribution in [0, 0.1) is 0 Å². The summed E-state index contributed by atoms with van der Waals surface area (Å²) in [6.07, 6.45) is 3.09. The minimum Gasteiger partial charge on any atom is -0.480 e. The van der Waals surface area contributed by atoms with Gasteiger partial charge < -0.3 is 10.4 Å². The number of carbonyl (C=O) groups is 2. The summed E-state index contributed by atoms with van der Waals surface area (Å²) < 4.78 is 3.37. The highest BCUT2D eigenvalue weighted by molar-refractivity contribution is 9.10. The van der Waals surface area contributed by atoms with E-state index in [0.717, 1.165) is 10.2 Å². The Kier molecular flexibility index (Phi) is 5.62. The molecule has 0 radical (unpaired) electrons. The third-order valence-corrected chi connectivity index (χ3v) is 4.82. The van der Waals surface area contributed by atoms with Crippen LogP contribution in [-0.4, -0.2) is 36.5 Å². The van der Waals surface area contributed by atoms with Gasteiger partial charge in [0.1, 0.15) is 11.7 Å². The lowest BCUT2D eigenvalue weighted by atomic mass is 10.2. The zero-order valence-electron chi connectivity index (χ0n) is 14.1. The molecule has 2 aromatic heterocycles. The van der Waals surface area contributed by atoms with Crippen LogP contribution in [0.5, 0.6) is 0 Å². The first-order valence-corrected chi connectivity index (χ1v) is 9.08. The predicted molar refractivity (Wildman–Crippen MR) is 103 cm³/mol.